The third kappa shape index (κ3) is 2.32. The van der Waals surface area contributed by atoms with Gasteiger partial charge in [-0.05, 0) is 43.2 Å². The SMILES string of the molecule is OC(CCc1ccccc1F)C1CC1. The second-order valence-electron chi connectivity index (χ2n) is 4.03. The Balaban J connectivity index is 1.87. The minimum atomic E-state index is -0.227. The monoisotopic (exact) mass is 194 g/mol. The van der Waals surface area contributed by atoms with Crippen molar-refractivity contribution in [1.29, 1.82) is 0 Å². The summed E-state index contributed by atoms with van der Waals surface area (Å²) in [5.41, 5.74) is 0.715. The lowest BCUT2D eigenvalue weighted by molar-refractivity contribution is 0.141. The van der Waals surface area contributed by atoms with Crippen molar-refractivity contribution in [3.63, 3.8) is 0 Å². The maximum atomic E-state index is 13.2. The molecule has 1 aliphatic carbocycles. The average Bonchev–Trinajstić information content (AvgIpc) is 2.99. The van der Waals surface area contributed by atoms with E-state index in [2.05, 4.69) is 0 Å². The Morgan fingerprint density at radius 1 is 1.36 bits per heavy atom. The van der Waals surface area contributed by atoms with E-state index in [0.29, 0.717) is 24.3 Å². The number of halogens is 1. The average molecular weight is 194 g/mol. The number of benzene rings is 1. The first kappa shape index (κ1) is 9.66. The van der Waals surface area contributed by atoms with Crippen LogP contribution in [0.4, 0.5) is 4.39 Å². The van der Waals surface area contributed by atoms with Gasteiger partial charge >= 0.3 is 0 Å². The Kier molecular flexibility index (Phi) is 2.82. The largest absolute Gasteiger partial charge is 0.393 e. The lowest BCUT2D eigenvalue weighted by atomic mass is 10.0. The molecule has 1 fully saturated rings. The van der Waals surface area contributed by atoms with E-state index in [9.17, 15) is 9.50 Å². The van der Waals surface area contributed by atoms with E-state index in [1.165, 1.54) is 6.07 Å². The summed E-state index contributed by atoms with van der Waals surface area (Å²) >= 11 is 0. The van der Waals surface area contributed by atoms with Crippen LogP contribution >= 0.6 is 0 Å². The highest BCUT2D eigenvalue weighted by Crippen LogP contribution is 2.34. The number of hydrogen-bond donors (Lipinski definition) is 1. The van der Waals surface area contributed by atoms with E-state index in [0.717, 1.165) is 12.8 Å². The van der Waals surface area contributed by atoms with Gasteiger partial charge in [-0.25, -0.2) is 4.39 Å². The first-order chi connectivity index (χ1) is 6.77. The molecule has 1 aliphatic rings. The molecule has 14 heavy (non-hydrogen) atoms. The van der Waals surface area contributed by atoms with Crippen molar-refractivity contribution in [3.05, 3.63) is 35.6 Å². The molecule has 0 amide bonds. The number of aliphatic hydroxyl groups is 1. The molecule has 1 unspecified atom stereocenters. The van der Waals surface area contributed by atoms with E-state index in [-0.39, 0.29) is 11.9 Å². The van der Waals surface area contributed by atoms with Crippen molar-refractivity contribution in [2.45, 2.75) is 31.8 Å². The highest BCUT2D eigenvalue weighted by atomic mass is 19.1. The van der Waals surface area contributed by atoms with Crippen molar-refractivity contribution >= 4 is 0 Å². The molecule has 1 atom stereocenters. The molecule has 2 rings (SSSR count). The second-order valence-corrected chi connectivity index (χ2v) is 4.03. The van der Waals surface area contributed by atoms with Gasteiger partial charge < -0.3 is 5.11 Å². The van der Waals surface area contributed by atoms with Gasteiger partial charge in [-0.3, -0.25) is 0 Å². The molecule has 1 aromatic carbocycles. The summed E-state index contributed by atoms with van der Waals surface area (Å²) in [4.78, 5) is 0. The molecule has 1 saturated carbocycles. The molecule has 0 bridgehead atoms. The van der Waals surface area contributed by atoms with E-state index in [4.69, 9.17) is 0 Å². The molecule has 0 heterocycles. The summed E-state index contributed by atoms with van der Waals surface area (Å²) in [6, 6.07) is 6.78. The summed E-state index contributed by atoms with van der Waals surface area (Å²) in [6.45, 7) is 0. The Labute approximate surface area is 83.6 Å². The first-order valence-electron chi connectivity index (χ1n) is 5.19. The summed E-state index contributed by atoms with van der Waals surface area (Å²) < 4.78 is 13.2. The Bertz CT molecular complexity index is 307. The quantitative estimate of drug-likeness (QED) is 0.781. The molecule has 0 aromatic heterocycles. The van der Waals surface area contributed by atoms with Gasteiger partial charge in [-0.1, -0.05) is 18.2 Å². The van der Waals surface area contributed by atoms with Crippen LogP contribution in [0.15, 0.2) is 24.3 Å². The highest BCUT2D eigenvalue weighted by Gasteiger charge is 2.29. The lowest BCUT2D eigenvalue weighted by Gasteiger charge is -2.08. The first-order valence-corrected chi connectivity index (χ1v) is 5.19. The molecule has 0 radical (unpaired) electrons. The number of aliphatic hydroxyl groups excluding tert-OH is 1. The van der Waals surface area contributed by atoms with Gasteiger partial charge in [0.15, 0.2) is 0 Å². The van der Waals surface area contributed by atoms with Crippen LogP contribution in [0, 0.1) is 11.7 Å². The predicted molar refractivity (Wildman–Crippen MR) is 53.5 cm³/mol. The fourth-order valence-electron chi connectivity index (χ4n) is 1.72. The van der Waals surface area contributed by atoms with Crippen LogP contribution < -0.4 is 0 Å². The van der Waals surface area contributed by atoms with Gasteiger partial charge in [0.05, 0.1) is 6.10 Å². The molecule has 1 nitrogen and oxygen atoms in total. The second kappa shape index (κ2) is 4.09. The van der Waals surface area contributed by atoms with Gasteiger partial charge in [0.2, 0.25) is 0 Å². The van der Waals surface area contributed by atoms with Crippen LogP contribution in [0.2, 0.25) is 0 Å². The summed E-state index contributed by atoms with van der Waals surface area (Å²) in [5.74, 6) is 0.331. The molecule has 2 heteroatoms. The Morgan fingerprint density at radius 3 is 2.71 bits per heavy atom. The van der Waals surface area contributed by atoms with Gasteiger partial charge in [0, 0.05) is 0 Å². The van der Waals surface area contributed by atoms with Crippen LogP contribution in [0.1, 0.15) is 24.8 Å². The van der Waals surface area contributed by atoms with Crippen LogP contribution in [0.3, 0.4) is 0 Å². The van der Waals surface area contributed by atoms with Crippen LogP contribution in [0.25, 0.3) is 0 Å². The van der Waals surface area contributed by atoms with Gasteiger partial charge in [-0.2, -0.15) is 0 Å². The van der Waals surface area contributed by atoms with Gasteiger partial charge in [0.25, 0.3) is 0 Å². The molecule has 0 saturated heterocycles. The van der Waals surface area contributed by atoms with Crippen molar-refractivity contribution < 1.29 is 9.50 Å². The molecular weight excluding hydrogens is 179 g/mol. The standard InChI is InChI=1S/C12H15FO/c13-11-4-2-1-3-9(11)7-8-12(14)10-5-6-10/h1-4,10,12,14H,5-8H2. The van der Waals surface area contributed by atoms with Crippen LogP contribution in [-0.2, 0) is 6.42 Å². The summed E-state index contributed by atoms with van der Waals surface area (Å²) in [7, 11) is 0. The topological polar surface area (TPSA) is 20.2 Å². The fourth-order valence-corrected chi connectivity index (χ4v) is 1.72. The minimum Gasteiger partial charge on any atom is -0.393 e. The lowest BCUT2D eigenvalue weighted by Crippen LogP contribution is -2.10. The van der Waals surface area contributed by atoms with E-state index in [1.807, 2.05) is 6.07 Å². The van der Waals surface area contributed by atoms with Gasteiger partial charge in [-0.15, -0.1) is 0 Å². The molecule has 1 N–H and O–H groups in total. The minimum absolute atomic E-state index is 0.157. The zero-order valence-corrected chi connectivity index (χ0v) is 8.12. The number of hydrogen-bond acceptors (Lipinski definition) is 1. The molecule has 0 spiro atoms. The normalized spacial score (nSPS) is 18.1. The van der Waals surface area contributed by atoms with Crippen molar-refractivity contribution in [2.75, 3.05) is 0 Å². The van der Waals surface area contributed by atoms with Crippen molar-refractivity contribution in [2.24, 2.45) is 5.92 Å². The van der Waals surface area contributed by atoms with Crippen molar-refractivity contribution in [3.8, 4) is 0 Å². The van der Waals surface area contributed by atoms with E-state index >= 15 is 0 Å². The van der Waals surface area contributed by atoms with Crippen molar-refractivity contribution in [1.82, 2.24) is 0 Å². The van der Waals surface area contributed by atoms with Gasteiger partial charge in [0.1, 0.15) is 5.82 Å². The van der Waals surface area contributed by atoms with Crippen LogP contribution in [-0.4, -0.2) is 11.2 Å². The maximum absolute atomic E-state index is 13.2. The fraction of sp³-hybridized carbons (Fsp3) is 0.500. The molecule has 76 valence electrons. The predicted octanol–water partition coefficient (Wildman–Crippen LogP) is 2.53. The van der Waals surface area contributed by atoms with E-state index in [1.54, 1.807) is 12.1 Å². The number of rotatable bonds is 4. The zero-order chi connectivity index (χ0) is 9.97. The molecule has 1 aromatic rings. The summed E-state index contributed by atoms with van der Waals surface area (Å²) in [6.07, 6.45) is 3.38. The zero-order valence-electron chi connectivity index (χ0n) is 8.12. The maximum Gasteiger partial charge on any atom is 0.126 e. The summed E-state index contributed by atoms with van der Waals surface area (Å²) in [5, 5.41) is 9.62. The number of aryl methyl sites for hydroxylation is 1. The third-order valence-electron chi connectivity index (χ3n) is 2.83. The highest BCUT2D eigenvalue weighted by molar-refractivity contribution is 5.17. The molecule has 0 aliphatic heterocycles. The Morgan fingerprint density at radius 2 is 2.07 bits per heavy atom. The Hall–Kier alpha value is -0.890. The van der Waals surface area contributed by atoms with Crippen LogP contribution in [0.5, 0.6) is 0 Å². The van der Waals surface area contributed by atoms with E-state index < -0.39 is 0 Å². The third-order valence-corrected chi connectivity index (χ3v) is 2.83. The molecular formula is C12H15FO. The smallest absolute Gasteiger partial charge is 0.126 e.